The lowest BCUT2D eigenvalue weighted by atomic mass is 10.0. The van der Waals surface area contributed by atoms with Crippen molar-refractivity contribution in [1.29, 1.82) is 0 Å². The molecule has 0 aromatic carbocycles. The third kappa shape index (κ3) is 4.20. The van der Waals surface area contributed by atoms with Gasteiger partial charge in [0.2, 0.25) is 0 Å². The lowest BCUT2D eigenvalue weighted by Crippen LogP contribution is -2.19. The third-order valence-corrected chi connectivity index (χ3v) is 3.23. The lowest BCUT2D eigenvalue weighted by molar-refractivity contribution is 0.483. The van der Waals surface area contributed by atoms with Gasteiger partial charge in [-0.2, -0.15) is 0 Å². The normalized spacial score (nSPS) is 14.7. The molecule has 0 spiro atoms. The van der Waals surface area contributed by atoms with Gasteiger partial charge in [-0.05, 0) is 47.3 Å². The van der Waals surface area contributed by atoms with Crippen molar-refractivity contribution in [2.75, 3.05) is 5.32 Å². The summed E-state index contributed by atoms with van der Waals surface area (Å²) in [4.78, 5) is 4.29. The van der Waals surface area contributed by atoms with Crippen LogP contribution in [0.25, 0.3) is 0 Å². The van der Waals surface area contributed by atoms with Crippen LogP contribution < -0.4 is 5.32 Å². The Morgan fingerprint density at radius 2 is 2.20 bits per heavy atom. The van der Waals surface area contributed by atoms with Crippen molar-refractivity contribution in [3.63, 3.8) is 0 Å². The van der Waals surface area contributed by atoms with Gasteiger partial charge in [-0.25, -0.2) is 4.98 Å². The van der Waals surface area contributed by atoms with E-state index in [-0.39, 0.29) is 0 Å². The van der Waals surface area contributed by atoms with Gasteiger partial charge in [0.05, 0.1) is 4.47 Å². The number of nitrogens with one attached hydrogen (secondary N) is 1. The number of hydrogen-bond acceptors (Lipinski definition) is 2. The molecular weight excluding hydrogens is 252 g/mol. The summed E-state index contributed by atoms with van der Waals surface area (Å²) in [6.07, 6.45) is 4.22. The number of pyridine rings is 1. The van der Waals surface area contributed by atoms with Crippen molar-refractivity contribution in [1.82, 2.24) is 4.98 Å². The van der Waals surface area contributed by atoms with Gasteiger partial charge in [0, 0.05) is 12.2 Å². The molecule has 3 heteroatoms. The van der Waals surface area contributed by atoms with E-state index in [4.69, 9.17) is 0 Å². The summed E-state index contributed by atoms with van der Waals surface area (Å²) < 4.78 is 1.03. The van der Waals surface area contributed by atoms with Crippen LogP contribution in [0.3, 0.4) is 0 Å². The highest BCUT2D eigenvalue weighted by Crippen LogP contribution is 2.21. The minimum atomic E-state index is 0.464. The second-order valence-corrected chi connectivity index (χ2v) is 4.98. The smallest absolute Gasteiger partial charge is 0.140 e. The summed E-state index contributed by atoms with van der Waals surface area (Å²) in [7, 11) is 0. The van der Waals surface area contributed by atoms with Crippen LogP contribution in [0.2, 0.25) is 0 Å². The first kappa shape index (κ1) is 12.5. The number of hydrogen-bond donors (Lipinski definition) is 1. The Bertz CT molecular complexity index is 301. The highest BCUT2D eigenvalue weighted by molar-refractivity contribution is 9.10. The summed E-state index contributed by atoms with van der Waals surface area (Å²) in [6, 6.07) is 4.39. The zero-order chi connectivity index (χ0) is 11.3. The number of anilines is 1. The number of aromatic nitrogens is 1. The Hall–Kier alpha value is -0.570. The van der Waals surface area contributed by atoms with Gasteiger partial charge in [-0.3, -0.25) is 0 Å². The minimum Gasteiger partial charge on any atom is -0.367 e. The molecule has 1 aromatic rings. The molecular formula is C12H19BrN2. The molecule has 0 radical (unpaired) electrons. The van der Waals surface area contributed by atoms with E-state index in [1.165, 1.54) is 12.8 Å². The zero-order valence-corrected chi connectivity index (χ0v) is 11.2. The fourth-order valence-electron chi connectivity index (χ4n) is 1.55. The molecule has 0 aliphatic heterocycles. The second-order valence-electron chi connectivity index (χ2n) is 4.13. The van der Waals surface area contributed by atoms with E-state index in [0.29, 0.717) is 6.04 Å². The first-order valence-electron chi connectivity index (χ1n) is 5.50. The van der Waals surface area contributed by atoms with Crippen molar-refractivity contribution in [3.05, 3.63) is 22.8 Å². The highest BCUT2D eigenvalue weighted by Gasteiger charge is 2.08. The lowest BCUT2D eigenvalue weighted by Gasteiger charge is -2.18. The fraction of sp³-hybridized carbons (Fsp3) is 0.583. The minimum absolute atomic E-state index is 0.464. The van der Waals surface area contributed by atoms with Gasteiger partial charge in [-0.1, -0.05) is 20.3 Å². The first-order chi connectivity index (χ1) is 7.13. The van der Waals surface area contributed by atoms with Gasteiger partial charge in [0.15, 0.2) is 0 Å². The molecule has 0 aliphatic carbocycles. The molecule has 1 aromatic heterocycles. The van der Waals surface area contributed by atoms with Crippen molar-refractivity contribution in [3.8, 4) is 0 Å². The second kappa shape index (κ2) is 6.11. The quantitative estimate of drug-likeness (QED) is 0.872. The van der Waals surface area contributed by atoms with Crippen molar-refractivity contribution < 1.29 is 0 Å². The molecule has 2 atom stereocenters. The van der Waals surface area contributed by atoms with E-state index in [9.17, 15) is 0 Å². The number of halogens is 1. The molecule has 0 saturated carbocycles. The Morgan fingerprint density at radius 3 is 2.80 bits per heavy atom. The molecule has 2 unspecified atom stereocenters. The maximum Gasteiger partial charge on any atom is 0.140 e. The van der Waals surface area contributed by atoms with Crippen molar-refractivity contribution >= 4 is 21.7 Å². The molecule has 0 saturated heterocycles. The molecule has 1 N–H and O–H groups in total. The molecule has 0 aliphatic rings. The Kier molecular flexibility index (Phi) is 5.09. The maximum atomic E-state index is 4.29. The monoisotopic (exact) mass is 270 g/mol. The summed E-state index contributed by atoms with van der Waals surface area (Å²) >= 11 is 3.48. The molecule has 2 nitrogen and oxygen atoms in total. The van der Waals surface area contributed by atoms with Crippen LogP contribution in [0.5, 0.6) is 0 Å². The summed E-state index contributed by atoms with van der Waals surface area (Å²) in [5.41, 5.74) is 0. The summed E-state index contributed by atoms with van der Waals surface area (Å²) in [6.45, 7) is 6.72. The summed E-state index contributed by atoms with van der Waals surface area (Å²) in [5, 5.41) is 3.42. The Labute approximate surface area is 101 Å². The molecule has 15 heavy (non-hydrogen) atoms. The fourth-order valence-corrected chi connectivity index (χ4v) is 1.92. The van der Waals surface area contributed by atoms with E-state index < -0.39 is 0 Å². The van der Waals surface area contributed by atoms with Crippen LogP contribution in [0, 0.1) is 5.92 Å². The summed E-state index contributed by atoms with van der Waals surface area (Å²) in [5.74, 6) is 1.70. The first-order valence-corrected chi connectivity index (χ1v) is 6.29. The predicted octanol–water partition coefficient (Wildman–Crippen LogP) is 4.08. The molecule has 0 amide bonds. The van der Waals surface area contributed by atoms with Crippen LogP contribution >= 0.6 is 15.9 Å². The third-order valence-electron chi connectivity index (χ3n) is 2.59. The van der Waals surface area contributed by atoms with Crippen molar-refractivity contribution in [2.45, 2.75) is 39.7 Å². The van der Waals surface area contributed by atoms with Gasteiger partial charge in [0.1, 0.15) is 5.82 Å². The van der Waals surface area contributed by atoms with Crippen LogP contribution in [-0.2, 0) is 0 Å². The van der Waals surface area contributed by atoms with E-state index in [0.717, 1.165) is 16.2 Å². The van der Waals surface area contributed by atoms with Gasteiger partial charge < -0.3 is 5.32 Å². The average molecular weight is 271 g/mol. The molecule has 0 fully saturated rings. The Morgan fingerprint density at radius 1 is 1.47 bits per heavy atom. The van der Waals surface area contributed by atoms with Crippen LogP contribution in [0.15, 0.2) is 22.8 Å². The molecule has 1 heterocycles. The van der Waals surface area contributed by atoms with Gasteiger partial charge >= 0.3 is 0 Å². The zero-order valence-electron chi connectivity index (χ0n) is 9.63. The standard InChI is InChI=1S/C12H19BrN2/c1-4-9(2)8-10(3)15-12-11(13)6-5-7-14-12/h5-7,9-10H,4,8H2,1-3H3,(H,14,15). The van der Waals surface area contributed by atoms with E-state index in [2.05, 4.69) is 47.0 Å². The highest BCUT2D eigenvalue weighted by atomic mass is 79.9. The van der Waals surface area contributed by atoms with Crippen molar-refractivity contribution in [2.24, 2.45) is 5.92 Å². The van der Waals surface area contributed by atoms with E-state index in [1.807, 2.05) is 18.3 Å². The van der Waals surface area contributed by atoms with Crippen LogP contribution in [-0.4, -0.2) is 11.0 Å². The molecule has 0 bridgehead atoms. The Balaban J connectivity index is 2.51. The van der Waals surface area contributed by atoms with E-state index in [1.54, 1.807) is 0 Å². The van der Waals surface area contributed by atoms with Gasteiger partial charge in [-0.15, -0.1) is 0 Å². The maximum absolute atomic E-state index is 4.29. The SMILES string of the molecule is CCC(C)CC(C)Nc1ncccc1Br. The average Bonchev–Trinajstić information content (AvgIpc) is 2.21. The van der Waals surface area contributed by atoms with Crippen LogP contribution in [0.1, 0.15) is 33.6 Å². The number of rotatable bonds is 5. The predicted molar refractivity (Wildman–Crippen MR) is 69.1 cm³/mol. The number of nitrogens with zero attached hydrogens (tertiary/aromatic N) is 1. The van der Waals surface area contributed by atoms with E-state index >= 15 is 0 Å². The largest absolute Gasteiger partial charge is 0.367 e. The molecule has 1 rings (SSSR count). The van der Waals surface area contributed by atoms with Crippen LogP contribution in [0.4, 0.5) is 5.82 Å². The topological polar surface area (TPSA) is 24.9 Å². The van der Waals surface area contributed by atoms with Gasteiger partial charge in [0.25, 0.3) is 0 Å². The molecule has 84 valence electrons.